The molecule has 0 saturated heterocycles. The van der Waals surface area contributed by atoms with Gasteiger partial charge in [-0.3, -0.25) is 4.79 Å². The van der Waals surface area contributed by atoms with E-state index < -0.39 is 6.10 Å². The monoisotopic (exact) mass is 307 g/mol. The topological polar surface area (TPSA) is 49.3 Å². The summed E-state index contributed by atoms with van der Waals surface area (Å²) in [7, 11) is 0. The predicted octanol–water partition coefficient (Wildman–Crippen LogP) is 3.54. The molecule has 1 aliphatic heterocycles. The first-order valence-electron chi connectivity index (χ1n) is 6.46. The Bertz CT molecular complexity index is 681. The Balaban J connectivity index is 2.03. The second-order valence-corrected chi connectivity index (χ2v) is 6.18. The third-order valence-electron chi connectivity index (χ3n) is 3.55. The van der Waals surface area contributed by atoms with E-state index in [0.29, 0.717) is 17.0 Å². The molecule has 0 spiro atoms. The predicted molar refractivity (Wildman–Crippen MR) is 81.5 cm³/mol. The van der Waals surface area contributed by atoms with Crippen molar-refractivity contribution < 1.29 is 9.90 Å². The summed E-state index contributed by atoms with van der Waals surface area (Å²) in [5.74, 6) is -0.0342. The highest BCUT2D eigenvalue weighted by atomic mass is 35.5. The number of anilines is 1. The highest BCUT2D eigenvalue weighted by Gasteiger charge is 2.24. The van der Waals surface area contributed by atoms with Gasteiger partial charge >= 0.3 is 0 Å². The molecule has 0 saturated carbocycles. The van der Waals surface area contributed by atoms with Crippen LogP contribution in [-0.4, -0.2) is 11.0 Å². The third-order valence-corrected chi connectivity index (χ3v) is 4.89. The molecular weight excluding hydrogens is 294 g/mol. The number of halogens is 1. The van der Waals surface area contributed by atoms with Crippen molar-refractivity contribution in [2.24, 2.45) is 0 Å². The molecule has 1 aromatic carbocycles. The highest BCUT2D eigenvalue weighted by molar-refractivity contribution is 7.10. The lowest BCUT2D eigenvalue weighted by Gasteiger charge is -2.14. The quantitative estimate of drug-likeness (QED) is 0.911. The molecule has 0 fully saturated rings. The number of carbonyl (C=O) groups is 1. The van der Waals surface area contributed by atoms with Crippen LogP contribution in [0.2, 0.25) is 5.02 Å². The van der Waals surface area contributed by atoms with Crippen LogP contribution in [-0.2, 0) is 17.6 Å². The van der Waals surface area contributed by atoms with Gasteiger partial charge in [0, 0.05) is 21.2 Å². The number of hydrogen-bond acceptors (Lipinski definition) is 3. The summed E-state index contributed by atoms with van der Waals surface area (Å²) in [6.45, 7) is 2.06. The number of fused-ring (bicyclic) bond motifs is 1. The Morgan fingerprint density at radius 3 is 3.05 bits per heavy atom. The number of thiophene rings is 1. The molecule has 104 valence electrons. The molecule has 2 N–H and O–H groups in total. The fourth-order valence-corrected chi connectivity index (χ4v) is 3.76. The molecule has 0 bridgehead atoms. The minimum atomic E-state index is -0.738. The lowest BCUT2D eigenvalue weighted by Crippen LogP contribution is -2.03. The van der Waals surface area contributed by atoms with Crippen LogP contribution in [0.5, 0.6) is 0 Å². The van der Waals surface area contributed by atoms with Crippen molar-refractivity contribution in [3.63, 3.8) is 0 Å². The molecule has 1 unspecified atom stereocenters. The number of rotatable bonds is 3. The number of nitrogens with one attached hydrogen (secondary N) is 1. The first kappa shape index (κ1) is 13.6. The number of carbonyl (C=O) groups excluding carboxylic acids is 1. The average Bonchev–Trinajstić information content (AvgIpc) is 3.01. The normalized spacial score (nSPS) is 15.1. The smallest absolute Gasteiger partial charge is 0.228 e. The van der Waals surface area contributed by atoms with Gasteiger partial charge in [-0.2, -0.15) is 0 Å². The Kier molecular flexibility index (Phi) is 3.54. The fraction of sp³-hybridized carbons (Fsp3) is 0.267. The van der Waals surface area contributed by atoms with Crippen molar-refractivity contribution in [2.75, 3.05) is 5.32 Å². The van der Waals surface area contributed by atoms with Crippen LogP contribution in [0.25, 0.3) is 0 Å². The standard InChI is InChI=1S/C15H14ClNO2S/c1-2-8-3-4-20-15(8)14(19)10-5-9-6-13(18)17-12(9)7-11(10)16/h3-5,7,14,19H,2,6H2,1H3,(H,17,18). The molecule has 20 heavy (non-hydrogen) atoms. The van der Waals surface area contributed by atoms with Crippen molar-refractivity contribution >= 4 is 34.5 Å². The van der Waals surface area contributed by atoms with E-state index >= 15 is 0 Å². The van der Waals surface area contributed by atoms with Crippen molar-refractivity contribution in [1.29, 1.82) is 0 Å². The van der Waals surface area contributed by atoms with Crippen molar-refractivity contribution in [3.8, 4) is 0 Å². The van der Waals surface area contributed by atoms with Gasteiger partial charge in [0.2, 0.25) is 5.91 Å². The minimum Gasteiger partial charge on any atom is -0.383 e. The molecule has 5 heteroatoms. The van der Waals surface area contributed by atoms with E-state index in [0.717, 1.165) is 28.1 Å². The maximum Gasteiger partial charge on any atom is 0.228 e. The summed E-state index contributed by atoms with van der Waals surface area (Å²) in [6.07, 6.45) is 0.481. The van der Waals surface area contributed by atoms with Crippen LogP contribution in [0.1, 0.15) is 34.6 Å². The van der Waals surface area contributed by atoms with Crippen LogP contribution in [0.3, 0.4) is 0 Å². The van der Waals surface area contributed by atoms with Gasteiger partial charge in [-0.15, -0.1) is 11.3 Å². The number of aliphatic hydroxyl groups is 1. The third kappa shape index (κ3) is 2.24. The van der Waals surface area contributed by atoms with Gasteiger partial charge in [-0.05, 0) is 41.1 Å². The van der Waals surface area contributed by atoms with E-state index in [4.69, 9.17) is 11.6 Å². The van der Waals surface area contributed by atoms with Crippen LogP contribution in [0.15, 0.2) is 23.6 Å². The Morgan fingerprint density at radius 1 is 1.50 bits per heavy atom. The summed E-state index contributed by atoms with van der Waals surface area (Å²) in [6, 6.07) is 5.58. The van der Waals surface area contributed by atoms with Gasteiger partial charge in [0.15, 0.2) is 0 Å². The maximum absolute atomic E-state index is 11.4. The molecule has 0 aliphatic carbocycles. The summed E-state index contributed by atoms with van der Waals surface area (Å²) >= 11 is 7.78. The number of hydrogen-bond donors (Lipinski definition) is 2. The lowest BCUT2D eigenvalue weighted by atomic mass is 10.0. The van der Waals surface area contributed by atoms with Gasteiger partial charge in [0.1, 0.15) is 6.10 Å². The van der Waals surface area contributed by atoms with Gasteiger partial charge < -0.3 is 10.4 Å². The van der Waals surface area contributed by atoms with Gasteiger partial charge in [0.25, 0.3) is 0 Å². The first-order valence-corrected chi connectivity index (χ1v) is 7.72. The van der Waals surface area contributed by atoms with E-state index in [9.17, 15) is 9.90 Å². The van der Waals surface area contributed by atoms with Gasteiger partial charge in [-0.25, -0.2) is 0 Å². The minimum absolute atomic E-state index is 0.0342. The SMILES string of the molecule is CCc1ccsc1C(O)c1cc2c(cc1Cl)NC(=O)C2. The van der Waals surface area contributed by atoms with Crippen LogP contribution < -0.4 is 5.32 Å². The second-order valence-electron chi connectivity index (χ2n) is 4.82. The zero-order valence-electron chi connectivity index (χ0n) is 10.9. The van der Waals surface area contributed by atoms with E-state index in [1.54, 1.807) is 6.07 Å². The number of amides is 1. The largest absolute Gasteiger partial charge is 0.383 e. The molecule has 3 nitrogen and oxygen atoms in total. The summed E-state index contributed by atoms with van der Waals surface area (Å²) in [4.78, 5) is 12.3. The summed E-state index contributed by atoms with van der Waals surface area (Å²) < 4.78 is 0. The van der Waals surface area contributed by atoms with Gasteiger partial charge in [-0.1, -0.05) is 18.5 Å². The second kappa shape index (κ2) is 5.20. The summed E-state index contributed by atoms with van der Waals surface area (Å²) in [5, 5.41) is 15.8. The zero-order chi connectivity index (χ0) is 14.3. The zero-order valence-corrected chi connectivity index (χ0v) is 12.5. The van der Waals surface area contributed by atoms with Crippen molar-refractivity contribution in [2.45, 2.75) is 25.9 Å². The van der Waals surface area contributed by atoms with E-state index in [1.165, 1.54) is 11.3 Å². The average molecular weight is 308 g/mol. The number of benzene rings is 1. The molecule has 2 heterocycles. The van der Waals surface area contributed by atoms with E-state index in [1.807, 2.05) is 17.5 Å². The van der Waals surface area contributed by atoms with Crippen LogP contribution in [0.4, 0.5) is 5.69 Å². The van der Waals surface area contributed by atoms with Crippen molar-refractivity contribution in [1.82, 2.24) is 0 Å². The highest BCUT2D eigenvalue weighted by Crippen LogP contribution is 2.37. The van der Waals surface area contributed by atoms with Crippen LogP contribution >= 0.6 is 22.9 Å². The van der Waals surface area contributed by atoms with Gasteiger partial charge in [0.05, 0.1) is 6.42 Å². The van der Waals surface area contributed by atoms with Crippen molar-refractivity contribution in [3.05, 3.63) is 50.2 Å². The fourth-order valence-electron chi connectivity index (χ4n) is 2.50. The molecule has 3 rings (SSSR count). The lowest BCUT2D eigenvalue weighted by molar-refractivity contribution is -0.115. The maximum atomic E-state index is 11.4. The van der Waals surface area contributed by atoms with E-state index in [2.05, 4.69) is 12.2 Å². The number of aliphatic hydroxyl groups excluding tert-OH is 1. The molecule has 1 aliphatic rings. The molecule has 0 radical (unpaired) electrons. The Labute approximate surface area is 126 Å². The Hall–Kier alpha value is -1.36. The molecule has 2 aromatic rings. The molecular formula is C15H14ClNO2S. The molecule has 1 atom stereocenters. The first-order chi connectivity index (χ1) is 9.60. The van der Waals surface area contributed by atoms with E-state index in [-0.39, 0.29) is 5.91 Å². The Morgan fingerprint density at radius 2 is 2.30 bits per heavy atom. The number of aryl methyl sites for hydroxylation is 1. The molecule has 1 amide bonds. The van der Waals surface area contributed by atoms with Crippen LogP contribution in [0, 0.1) is 0 Å². The molecule has 1 aromatic heterocycles. The summed E-state index contributed by atoms with van der Waals surface area (Å²) in [5.41, 5.74) is 3.44.